The Morgan fingerprint density at radius 2 is 0.712 bits per heavy atom. The van der Waals surface area contributed by atoms with Crippen LogP contribution in [-0.4, -0.2) is 8.07 Å². The second-order valence-electron chi connectivity index (χ2n) is 21.3. The molecule has 0 atom stereocenters. The fourth-order valence-corrected chi connectivity index (χ4v) is 18.9. The largest absolute Gasteiger partial charge is 0.311 e. The summed E-state index contributed by atoms with van der Waals surface area (Å²) >= 11 is 0. The van der Waals surface area contributed by atoms with Crippen LogP contribution in [0.25, 0.3) is 34.4 Å². The maximum Gasteiger partial charge on any atom is 0.123 e. The summed E-state index contributed by atoms with van der Waals surface area (Å²) in [5, 5.41) is 3.25. The number of rotatable bonds is 4. The SMILES string of the molecule is CC1(C)c2cc(C=Cc3ccc4c(c3)C(C)(C)c3cc(N5c6ccccc6[Si]6(CCCC6)c6ccccc65)ccc3-4)ccc2-c2ccc(N3c4ccccc4C(C)(C)c4ccccc43)cc21. The van der Waals surface area contributed by atoms with Gasteiger partial charge in [0.15, 0.2) is 0 Å². The second kappa shape index (κ2) is 13.9. The fourth-order valence-electron chi connectivity index (χ4n) is 13.3. The summed E-state index contributed by atoms with van der Waals surface area (Å²) < 4.78 is 0. The molecule has 13 rings (SSSR count). The fraction of sp³-hybridized carbons (Fsp3) is 0.206. The van der Waals surface area contributed by atoms with Crippen LogP contribution in [0, 0.1) is 0 Å². The molecule has 0 N–H and O–H groups in total. The molecule has 0 aromatic heterocycles. The van der Waals surface area contributed by atoms with Gasteiger partial charge in [-0.1, -0.05) is 188 Å². The van der Waals surface area contributed by atoms with Gasteiger partial charge in [-0.3, -0.25) is 0 Å². The average molecular weight is 869 g/mol. The maximum absolute atomic E-state index is 2.58. The van der Waals surface area contributed by atoms with Crippen LogP contribution in [0.4, 0.5) is 34.1 Å². The lowest BCUT2D eigenvalue weighted by atomic mass is 9.73. The first kappa shape index (κ1) is 39.7. The molecule has 8 aromatic carbocycles. The van der Waals surface area contributed by atoms with Crippen LogP contribution >= 0.6 is 0 Å². The predicted octanol–water partition coefficient (Wildman–Crippen LogP) is 15.7. The van der Waals surface area contributed by atoms with Crippen LogP contribution in [0.1, 0.15) is 98.9 Å². The zero-order valence-electron chi connectivity index (χ0n) is 39.0. The molecule has 3 heteroatoms. The third kappa shape index (κ3) is 5.41. The van der Waals surface area contributed by atoms with Crippen molar-refractivity contribution in [2.24, 2.45) is 0 Å². The van der Waals surface area contributed by atoms with Gasteiger partial charge in [0, 0.05) is 39.0 Å². The Morgan fingerprint density at radius 3 is 1.17 bits per heavy atom. The zero-order chi connectivity index (χ0) is 44.7. The summed E-state index contributed by atoms with van der Waals surface area (Å²) in [7, 11) is -1.78. The van der Waals surface area contributed by atoms with Gasteiger partial charge in [0.05, 0.1) is 11.4 Å². The Kier molecular flexibility index (Phi) is 8.37. The summed E-state index contributed by atoms with van der Waals surface area (Å²) in [4.78, 5) is 5.06. The predicted molar refractivity (Wildman–Crippen MR) is 282 cm³/mol. The number of anilines is 6. The number of hydrogen-bond donors (Lipinski definition) is 0. The van der Waals surface area contributed by atoms with Crippen molar-refractivity contribution in [1.29, 1.82) is 0 Å². The first-order valence-corrected chi connectivity index (χ1v) is 26.6. The summed E-state index contributed by atoms with van der Waals surface area (Å²) in [6.07, 6.45) is 7.33. The number of para-hydroxylation sites is 4. The minimum absolute atomic E-state index is 0.0838. The van der Waals surface area contributed by atoms with E-state index in [4.69, 9.17) is 0 Å². The molecule has 0 unspecified atom stereocenters. The van der Waals surface area contributed by atoms with Crippen LogP contribution in [0.15, 0.2) is 170 Å². The Bertz CT molecular complexity index is 3280. The molecule has 322 valence electrons. The van der Waals surface area contributed by atoms with Gasteiger partial charge < -0.3 is 9.80 Å². The molecule has 2 nitrogen and oxygen atoms in total. The molecule has 0 saturated carbocycles. The van der Waals surface area contributed by atoms with Crippen molar-refractivity contribution >= 4 is 64.7 Å². The van der Waals surface area contributed by atoms with E-state index in [1.165, 1.54) is 126 Å². The quantitative estimate of drug-likeness (QED) is 0.128. The molecular weight excluding hydrogens is 813 g/mol. The molecule has 0 amide bonds. The van der Waals surface area contributed by atoms with Gasteiger partial charge in [-0.2, -0.15) is 0 Å². The van der Waals surface area contributed by atoms with E-state index in [0.717, 1.165) is 0 Å². The molecule has 0 bridgehead atoms. The average Bonchev–Trinajstić information content (AvgIpc) is 3.98. The van der Waals surface area contributed by atoms with Crippen LogP contribution in [0.3, 0.4) is 0 Å². The number of nitrogens with zero attached hydrogens (tertiary/aromatic N) is 2. The molecule has 3 aliphatic heterocycles. The summed E-state index contributed by atoms with van der Waals surface area (Å²) in [6, 6.07) is 68.0. The maximum atomic E-state index is 2.58. The lowest BCUT2D eigenvalue weighted by Crippen LogP contribution is -2.60. The molecule has 3 heterocycles. The van der Waals surface area contributed by atoms with Crippen molar-refractivity contribution in [3.63, 3.8) is 0 Å². The lowest BCUT2D eigenvalue weighted by Gasteiger charge is -2.43. The topological polar surface area (TPSA) is 6.48 Å². The minimum Gasteiger partial charge on any atom is -0.311 e. The minimum atomic E-state index is -1.78. The van der Waals surface area contributed by atoms with Gasteiger partial charge in [0.25, 0.3) is 0 Å². The third-order valence-electron chi connectivity index (χ3n) is 16.8. The van der Waals surface area contributed by atoms with Crippen LogP contribution in [-0.2, 0) is 16.2 Å². The standard InChI is InChI=1S/C63H56N2Si/c1-61(2)49-17-7-9-19-55(49)64(56-20-10-8-18-50(56)61)43-29-33-47-45-31-27-41(37-51(45)62(3,4)53(47)39-43)25-26-42-28-32-46-48-34-30-44(40-54(48)63(5,6)52(46)38-42)65-57-21-11-13-23-59(57)66(35-15-16-36-66)60-24-14-12-22-58(60)65/h7-14,17-34,37-40H,15-16,35-36H2,1-6H3. The first-order valence-electron chi connectivity index (χ1n) is 24.2. The second-order valence-corrected chi connectivity index (χ2v) is 25.5. The van der Waals surface area contributed by atoms with Crippen molar-refractivity contribution in [2.75, 3.05) is 9.80 Å². The Morgan fingerprint density at radius 1 is 0.364 bits per heavy atom. The molecule has 1 spiro atoms. The van der Waals surface area contributed by atoms with E-state index >= 15 is 0 Å². The van der Waals surface area contributed by atoms with Gasteiger partial charge in [-0.25, -0.2) is 0 Å². The van der Waals surface area contributed by atoms with E-state index in [-0.39, 0.29) is 16.2 Å². The van der Waals surface area contributed by atoms with Gasteiger partial charge in [-0.05, 0) is 138 Å². The molecule has 2 aliphatic carbocycles. The molecule has 5 aliphatic rings. The molecule has 8 aromatic rings. The summed E-state index contributed by atoms with van der Waals surface area (Å²) in [6.45, 7) is 14.4. The number of benzene rings is 8. The van der Waals surface area contributed by atoms with Crippen molar-refractivity contribution in [3.05, 3.63) is 214 Å². The van der Waals surface area contributed by atoms with Gasteiger partial charge in [0.1, 0.15) is 8.07 Å². The highest BCUT2D eigenvalue weighted by Crippen LogP contribution is 2.56. The summed E-state index contributed by atoms with van der Waals surface area (Å²) in [5.41, 5.74) is 23.6. The van der Waals surface area contributed by atoms with E-state index in [1.807, 2.05) is 0 Å². The molecular formula is C63H56N2Si. The Hall–Kier alpha value is -6.68. The van der Waals surface area contributed by atoms with Crippen LogP contribution in [0.5, 0.6) is 0 Å². The van der Waals surface area contributed by atoms with Crippen molar-refractivity contribution in [2.45, 2.75) is 82.7 Å². The Balaban J connectivity index is 0.806. The monoisotopic (exact) mass is 868 g/mol. The molecule has 1 fully saturated rings. The zero-order valence-corrected chi connectivity index (χ0v) is 40.0. The van der Waals surface area contributed by atoms with Crippen LogP contribution < -0.4 is 20.2 Å². The Labute approximate surface area is 391 Å². The highest BCUT2D eigenvalue weighted by atomic mass is 28.3. The van der Waals surface area contributed by atoms with Gasteiger partial charge >= 0.3 is 0 Å². The smallest absolute Gasteiger partial charge is 0.123 e. The van der Waals surface area contributed by atoms with E-state index in [0.29, 0.717) is 0 Å². The highest BCUT2D eigenvalue weighted by Gasteiger charge is 2.48. The molecule has 0 radical (unpaired) electrons. The van der Waals surface area contributed by atoms with E-state index in [9.17, 15) is 0 Å². The van der Waals surface area contributed by atoms with Crippen molar-refractivity contribution in [3.8, 4) is 22.3 Å². The molecule has 1 saturated heterocycles. The van der Waals surface area contributed by atoms with E-state index in [2.05, 4.69) is 233 Å². The normalized spacial score (nSPS) is 18.0. The number of hydrogen-bond acceptors (Lipinski definition) is 2. The van der Waals surface area contributed by atoms with E-state index < -0.39 is 8.07 Å². The first-order chi connectivity index (χ1) is 32.0. The lowest BCUT2D eigenvalue weighted by molar-refractivity contribution is 0.631. The van der Waals surface area contributed by atoms with E-state index in [1.54, 1.807) is 10.4 Å². The molecule has 66 heavy (non-hydrogen) atoms. The highest BCUT2D eigenvalue weighted by molar-refractivity contribution is 7.05. The van der Waals surface area contributed by atoms with Crippen molar-refractivity contribution < 1.29 is 0 Å². The van der Waals surface area contributed by atoms with Crippen LogP contribution in [0.2, 0.25) is 12.1 Å². The van der Waals surface area contributed by atoms with Gasteiger partial charge in [-0.15, -0.1) is 0 Å². The summed E-state index contributed by atoms with van der Waals surface area (Å²) in [5.74, 6) is 0. The third-order valence-corrected chi connectivity index (χ3v) is 22.1. The van der Waals surface area contributed by atoms with Crippen molar-refractivity contribution in [1.82, 2.24) is 0 Å². The number of fused-ring (bicyclic) bond motifs is 12. The van der Waals surface area contributed by atoms with Gasteiger partial charge in [0.2, 0.25) is 0 Å².